The number of piperazine rings is 1. The molecule has 1 aliphatic heterocycles. The molecule has 0 saturated carbocycles. The van der Waals surface area contributed by atoms with E-state index in [1.165, 1.54) is 4.90 Å². The molecule has 1 saturated heterocycles. The van der Waals surface area contributed by atoms with Crippen LogP contribution >= 0.6 is 0 Å². The van der Waals surface area contributed by atoms with Crippen molar-refractivity contribution in [3.63, 3.8) is 0 Å². The summed E-state index contributed by atoms with van der Waals surface area (Å²) in [6.45, 7) is 3.49. The van der Waals surface area contributed by atoms with Crippen LogP contribution in [-0.2, 0) is 0 Å². The Kier molecular flexibility index (Phi) is 4.55. The molecule has 2 N–H and O–H groups in total. The van der Waals surface area contributed by atoms with E-state index in [9.17, 15) is 13.2 Å². The first-order chi connectivity index (χ1) is 9.35. The minimum atomic E-state index is -4.11. The Morgan fingerprint density at radius 3 is 2.15 bits per heavy atom. The molecule has 2 rings (SSSR count). The zero-order valence-electron chi connectivity index (χ0n) is 11.5. The van der Waals surface area contributed by atoms with Crippen molar-refractivity contribution in [1.82, 2.24) is 9.80 Å². The molecule has 1 aliphatic rings. The summed E-state index contributed by atoms with van der Waals surface area (Å²) in [5.74, 6) is 0. The molecule has 1 atom stereocenters. The lowest BCUT2D eigenvalue weighted by molar-refractivity contribution is -0.149. The maximum absolute atomic E-state index is 12.3. The van der Waals surface area contributed by atoms with E-state index in [0.29, 0.717) is 26.2 Å². The summed E-state index contributed by atoms with van der Waals surface area (Å²) in [4.78, 5) is 3.67. The van der Waals surface area contributed by atoms with Crippen LogP contribution in [0.3, 0.4) is 0 Å². The standard InChI is InChI=1S/C14H20F3N3/c1-11(12-2-4-13(18)5-3-12)20-8-6-19(7-9-20)10-14(15,16)17/h2-5,11H,6-10,18H2,1H3. The zero-order chi connectivity index (χ0) is 14.8. The quantitative estimate of drug-likeness (QED) is 0.867. The molecule has 1 aromatic rings. The number of nitrogens with two attached hydrogens (primary N) is 1. The first-order valence-electron chi connectivity index (χ1n) is 6.74. The molecular formula is C14H20F3N3. The van der Waals surface area contributed by atoms with E-state index in [1.54, 1.807) is 0 Å². The predicted octanol–water partition coefficient (Wildman–Crippen LogP) is 2.51. The fourth-order valence-electron chi connectivity index (χ4n) is 2.55. The highest BCUT2D eigenvalue weighted by molar-refractivity contribution is 5.40. The lowest BCUT2D eigenvalue weighted by Gasteiger charge is -2.38. The lowest BCUT2D eigenvalue weighted by Crippen LogP contribution is -2.49. The fraction of sp³-hybridized carbons (Fsp3) is 0.571. The number of anilines is 1. The van der Waals surface area contributed by atoms with Gasteiger partial charge in [0.2, 0.25) is 0 Å². The Hall–Kier alpha value is -1.27. The normalized spacial score (nSPS) is 20.0. The van der Waals surface area contributed by atoms with Crippen LogP contribution in [0.15, 0.2) is 24.3 Å². The van der Waals surface area contributed by atoms with Gasteiger partial charge in [0.1, 0.15) is 0 Å². The lowest BCUT2D eigenvalue weighted by atomic mass is 10.1. The first kappa shape index (κ1) is 15.1. The van der Waals surface area contributed by atoms with Crippen LogP contribution in [0.25, 0.3) is 0 Å². The van der Waals surface area contributed by atoms with E-state index >= 15 is 0 Å². The summed E-state index contributed by atoms with van der Waals surface area (Å²) in [6.07, 6.45) is -4.11. The van der Waals surface area contributed by atoms with Crippen LogP contribution in [0.5, 0.6) is 0 Å². The number of hydrogen-bond acceptors (Lipinski definition) is 3. The van der Waals surface area contributed by atoms with Crippen LogP contribution in [0.2, 0.25) is 0 Å². The highest BCUT2D eigenvalue weighted by atomic mass is 19.4. The van der Waals surface area contributed by atoms with Gasteiger partial charge in [-0.25, -0.2) is 0 Å². The molecule has 0 radical (unpaired) electrons. The van der Waals surface area contributed by atoms with Crippen LogP contribution in [0.4, 0.5) is 18.9 Å². The maximum Gasteiger partial charge on any atom is 0.401 e. The summed E-state index contributed by atoms with van der Waals surface area (Å²) in [7, 11) is 0. The van der Waals surface area contributed by atoms with Gasteiger partial charge in [-0.2, -0.15) is 13.2 Å². The van der Waals surface area contributed by atoms with Crippen LogP contribution < -0.4 is 5.73 Å². The molecule has 112 valence electrons. The van der Waals surface area contributed by atoms with E-state index in [4.69, 9.17) is 5.73 Å². The number of hydrogen-bond donors (Lipinski definition) is 1. The fourth-order valence-corrected chi connectivity index (χ4v) is 2.55. The molecule has 0 aromatic heterocycles. The number of rotatable bonds is 3. The zero-order valence-corrected chi connectivity index (χ0v) is 11.5. The Balaban J connectivity index is 1.88. The van der Waals surface area contributed by atoms with E-state index < -0.39 is 12.7 Å². The SMILES string of the molecule is CC(c1ccc(N)cc1)N1CCN(CC(F)(F)F)CC1. The smallest absolute Gasteiger partial charge is 0.399 e. The summed E-state index contributed by atoms with van der Waals surface area (Å²) < 4.78 is 37.0. The van der Waals surface area contributed by atoms with E-state index in [2.05, 4.69) is 11.8 Å². The molecule has 6 heteroatoms. The third-order valence-electron chi connectivity index (χ3n) is 3.78. The largest absolute Gasteiger partial charge is 0.401 e. The van der Waals surface area contributed by atoms with Gasteiger partial charge < -0.3 is 5.73 Å². The van der Waals surface area contributed by atoms with Crippen molar-refractivity contribution >= 4 is 5.69 Å². The van der Waals surface area contributed by atoms with Gasteiger partial charge in [0, 0.05) is 37.9 Å². The number of alkyl halides is 3. The van der Waals surface area contributed by atoms with Crippen molar-refractivity contribution < 1.29 is 13.2 Å². The van der Waals surface area contributed by atoms with Gasteiger partial charge in [0.05, 0.1) is 6.54 Å². The van der Waals surface area contributed by atoms with Gasteiger partial charge >= 0.3 is 6.18 Å². The molecule has 0 amide bonds. The summed E-state index contributed by atoms with van der Waals surface area (Å²) in [5, 5.41) is 0. The molecule has 0 spiro atoms. The maximum atomic E-state index is 12.3. The van der Waals surface area contributed by atoms with Gasteiger partial charge in [-0.15, -0.1) is 0 Å². The van der Waals surface area contributed by atoms with Crippen LogP contribution in [0.1, 0.15) is 18.5 Å². The van der Waals surface area contributed by atoms with Crippen molar-refractivity contribution in [2.75, 3.05) is 38.5 Å². The first-order valence-corrected chi connectivity index (χ1v) is 6.74. The molecule has 0 bridgehead atoms. The van der Waals surface area contributed by atoms with E-state index in [-0.39, 0.29) is 6.04 Å². The molecule has 1 heterocycles. The molecule has 3 nitrogen and oxygen atoms in total. The van der Waals surface area contributed by atoms with Crippen molar-refractivity contribution in [3.8, 4) is 0 Å². The van der Waals surface area contributed by atoms with Crippen molar-refractivity contribution in [3.05, 3.63) is 29.8 Å². The van der Waals surface area contributed by atoms with Crippen molar-refractivity contribution in [2.24, 2.45) is 0 Å². The summed E-state index contributed by atoms with van der Waals surface area (Å²) in [6, 6.07) is 7.85. The molecule has 1 unspecified atom stereocenters. The third-order valence-corrected chi connectivity index (χ3v) is 3.78. The monoisotopic (exact) mass is 287 g/mol. The number of halogens is 3. The molecule has 1 aromatic carbocycles. The van der Waals surface area contributed by atoms with Gasteiger partial charge in [-0.3, -0.25) is 9.80 Å². The van der Waals surface area contributed by atoms with Crippen molar-refractivity contribution in [2.45, 2.75) is 19.1 Å². The Morgan fingerprint density at radius 1 is 1.10 bits per heavy atom. The average molecular weight is 287 g/mol. The number of benzene rings is 1. The minimum absolute atomic E-state index is 0.198. The Bertz CT molecular complexity index is 422. The van der Waals surface area contributed by atoms with Gasteiger partial charge in [-0.05, 0) is 24.6 Å². The minimum Gasteiger partial charge on any atom is -0.399 e. The number of nitrogen functional groups attached to an aromatic ring is 1. The van der Waals surface area contributed by atoms with E-state index in [1.807, 2.05) is 24.3 Å². The highest BCUT2D eigenvalue weighted by Crippen LogP contribution is 2.24. The summed E-state index contributed by atoms with van der Waals surface area (Å²) >= 11 is 0. The molecule has 1 fully saturated rings. The second kappa shape index (κ2) is 6.01. The Morgan fingerprint density at radius 2 is 1.65 bits per heavy atom. The number of nitrogens with zero attached hydrogens (tertiary/aromatic N) is 2. The third kappa shape index (κ3) is 4.11. The second-order valence-electron chi connectivity index (χ2n) is 5.27. The van der Waals surface area contributed by atoms with Gasteiger partial charge in [0.15, 0.2) is 0 Å². The summed E-state index contributed by atoms with van der Waals surface area (Å²) in [5.41, 5.74) is 7.52. The Labute approximate surface area is 117 Å². The van der Waals surface area contributed by atoms with Gasteiger partial charge in [-0.1, -0.05) is 12.1 Å². The van der Waals surface area contributed by atoms with Gasteiger partial charge in [0.25, 0.3) is 0 Å². The highest BCUT2D eigenvalue weighted by Gasteiger charge is 2.32. The average Bonchev–Trinajstić information content (AvgIpc) is 2.38. The van der Waals surface area contributed by atoms with E-state index in [0.717, 1.165) is 11.3 Å². The molecular weight excluding hydrogens is 267 g/mol. The second-order valence-corrected chi connectivity index (χ2v) is 5.27. The predicted molar refractivity (Wildman–Crippen MR) is 73.3 cm³/mol. The van der Waals surface area contributed by atoms with Crippen LogP contribution in [0, 0.1) is 0 Å². The van der Waals surface area contributed by atoms with Crippen molar-refractivity contribution in [1.29, 1.82) is 0 Å². The topological polar surface area (TPSA) is 32.5 Å². The molecule has 20 heavy (non-hydrogen) atoms. The van der Waals surface area contributed by atoms with Crippen LogP contribution in [-0.4, -0.2) is 48.7 Å². The molecule has 0 aliphatic carbocycles.